The molecule has 106 valence electrons. The molecular weight excluding hydrogens is 232 g/mol. The summed E-state index contributed by atoms with van der Waals surface area (Å²) >= 11 is 0. The van der Waals surface area contributed by atoms with E-state index in [0.29, 0.717) is 6.04 Å². The van der Waals surface area contributed by atoms with Crippen molar-refractivity contribution in [3.8, 4) is 0 Å². The van der Waals surface area contributed by atoms with Gasteiger partial charge in [0.1, 0.15) is 0 Å². The molecule has 1 fully saturated rings. The molecule has 1 atom stereocenters. The Morgan fingerprint density at radius 3 is 2.47 bits per heavy atom. The Kier molecular flexibility index (Phi) is 3.65. The summed E-state index contributed by atoms with van der Waals surface area (Å²) < 4.78 is 0. The number of rotatable bonds is 1. The average molecular weight is 260 g/mol. The molecule has 1 saturated heterocycles. The van der Waals surface area contributed by atoms with Crippen LogP contribution >= 0.6 is 0 Å². The monoisotopic (exact) mass is 260 g/mol. The van der Waals surface area contributed by atoms with Gasteiger partial charge < -0.3 is 10.2 Å². The highest BCUT2D eigenvalue weighted by molar-refractivity contribution is 5.57. The number of benzene rings is 1. The summed E-state index contributed by atoms with van der Waals surface area (Å²) in [5, 5.41) is 3.62. The van der Waals surface area contributed by atoms with Gasteiger partial charge in [0.2, 0.25) is 0 Å². The maximum atomic E-state index is 3.62. The summed E-state index contributed by atoms with van der Waals surface area (Å²) in [5.41, 5.74) is 3.21. The zero-order valence-electron chi connectivity index (χ0n) is 13.2. The van der Waals surface area contributed by atoms with E-state index >= 15 is 0 Å². The predicted octanol–water partition coefficient (Wildman–Crippen LogP) is 3.56. The third kappa shape index (κ3) is 3.11. The van der Waals surface area contributed by atoms with Crippen LogP contribution in [0.25, 0.3) is 0 Å². The molecule has 0 spiro atoms. The van der Waals surface area contributed by atoms with E-state index in [1.807, 2.05) is 0 Å². The molecule has 2 rings (SSSR count). The van der Waals surface area contributed by atoms with Gasteiger partial charge in [-0.25, -0.2) is 0 Å². The minimum absolute atomic E-state index is 0.178. The zero-order chi connectivity index (χ0) is 14.3. The molecule has 1 heterocycles. The second-order valence-electron chi connectivity index (χ2n) is 7.51. The molecule has 0 aliphatic carbocycles. The first-order valence-corrected chi connectivity index (χ1v) is 7.32. The van der Waals surface area contributed by atoms with Crippen LogP contribution in [0.3, 0.4) is 0 Å². The van der Waals surface area contributed by atoms with Crippen molar-refractivity contribution in [3.05, 3.63) is 29.8 Å². The van der Waals surface area contributed by atoms with Crippen LogP contribution in [-0.2, 0) is 5.41 Å². The number of anilines is 1. The van der Waals surface area contributed by atoms with Crippen molar-refractivity contribution in [1.29, 1.82) is 0 Å². The number of hydrogen-bond donors (Lipinski definition) is 1. The van der Waals surface area contributed by atoms with Gasteiger partial charge >= 0.3 is 0 Å². The van der Waals surface area contributed by atoms with Crippen LogP contribution in [0.15, 0.2) is 24.3 Å². The Bertz CT molecular complexity index is 443. The highest BCUT2D eigenvalue weighted by Gasteiger charge is 2.32. The molecule has 0 bridgehead atoms. The van der Waals surface area contributed by atoms with E-state index < -0.39 is 0 Å². The van der Waals surface area contributed by atoms with E-state index in [1.54, 1.807) is 0 Å². The fourth-order valence-electron chi connectivity index (χ4n) is 2.85. The maximum absolute atomic E-state index is 3.62. The number of para-hydroxylation sites is 1. The molecular formula is C17H28N2. The highest BCUT2D eigenvalue weighted by Crippen LogP contribution is 2.34. The lowest BCUT2D eigenvalue weighted by atomic mass is 9.84. The fraction of sp³-hybridized carbons (Fsp3) is 0.647. The van der Waals surface area contributed by atoms with E-state index in [4.69, 9.17) is 0 Å². The van der Waals surface area contributed by atoms with Gasteiger partial charge in [-0.3, -0.25) is 0 Å². The third-order valence-corrected chi connectivity index (χ3v) is 4.00. The minimum atomic E-state index is 0.178. The Hall–Kier alpha value is -1.02. The van der Waals surface area contributed by atoms with E-state index in [9.17, 15) is 0 Å². The van der Waals surface area contributed by atoms with E-state index in [1.165, 1.54) is 11.3 Å². The molecule has 0 saturated carbocycles. The molecule has 0 radical (unpaired) electrons. The van der Waals surface area contributed by atoms with Crippen LogP contribution in [0.2, 0.25) is 0 Å². The van der Waals surface area contributed by atoms with Crippen LogP contribution in [-0.4, -0.2) is 24.7 Å². The fourth-order valence-corrected chi connectivity index (χ4v) is 2.85. The summed E-state index contributed by atoms with van der Waals surface area (Å²) in [4.78, 5) is 2.57. The largest absolute Gasteiger partial charge is 0.365 e. The van der Waals surface area contributed by atoms with E-state index in [0.717, 1.165) is 13.1 Å². The predicted molar refractivity (Wildman–Crippen MR) is 84.0 cm³/mol. The number of nitrogens with zero attached hydrogens (tertiary/aromatic N) is 1. The maximum Gasteiger partial charge on any atom is 0.0407 e. The van der Waals surface area contributed by atoms with Crippen molar-refractivity contribution in [1.82, 2.24) is 5.32 Å². The van der Waals surface area contributed by atoms with Crippen molar-refractivity contribution in [2.75, 3.05) is 18.0 Å². The van der Waals surface area contributed by atoms with Gasteiger partial charge in [0, 0.05) is 30.4 Å². The lowest BCUT2D eigenvalue weighted by Crippen LogP contribution is -2.61. The Morgan fingerprint density at radius 2 is 1.84 bits per heavy atom. The standard InChI is InChI=1S/C17H28N2/c1-13-11-18-17(5,6)12-19(13)15-10-8-7-9-14(15)16(2,3)4/h7-10,13,18H,11-12H2,1-6H3. The first kappa shape index (κ1) is 14.4. The normalized spacial score (nSPS) is 23.5. The first-order valence-electron chi connectivity index (χ1n) is 7.32. The van der Waals surface area contributed by atoms with Crippen molar-refractivity contribution in [2.24, 2.45) is 0 Å². The molecule has 19 heavy (non-hydrogen) atoms. The molecule has 1 aromatic carbocycles. The lowest BCUT2D eigenvalue weighted by Gasteiger charge is -2.46. The van der Waals surface area contributed by atoms with Gasteiger partial charge in [-0.05, 0) is 37.8 Å². The number of piperazine rings is 1. The molecule has 1 aliphatic heterocycles. The minimum Gasteiger partial charge on any atom is -0.365 e. The van der Waals surface area contributed by atoms with Crippen LogP contribution in [0.1, 0.15) is 47.1 Å². The summed E-state index contributed by atoms with van der Waals surface area (Å²) in [7, 11) is 0. The highest BCUT2D eigenvalue weighted by atomic mass is 15.2. The van der Waals surface area contributed by atoms with Gasteiger partial charge in [0.25, 0.3) is 0 Å². The van der Waals surface area contributed by atoms with Gasteiger partial charge in [0.05, 0.1) is 0 Å². The molecule has 2 nitrogen and oxygen atoms in total. The van der Waals surface area contributed by atoms with Crippen LogP contribution in [0.4, 0.5) is 5.69 Å². The summed E-state index contributed by atoms with van der Waals surface area (Å²) in [6.45, 7) is 15.9. The van der Waals surface area contributed by atoms with Crippen molar-refractivity contribution in [3.63, 3.8) is 0 Å². The quantitative estimate of drug-likeness (QED) is 0.830. The average Bonchev–Trinajstić information content (AvgIpc) is 2.31. The first-order chi connectivity index (χ1) is 8.71. The SMILES string of the molecule is CC1CNC(C)(C)CN1c1ccccc1C(C)(C)C. The molecule has 1 unspecified atom stereocenters. The third-order valence-electron chi connectivity index (χ3n) is 4.00. The van der Waals surface area contributed by atoms with Crippen LogP contribution < -0.4 is 10.2 Å². The molecule has 1 aliphatic rings. The van der Waals surface area contributed by atoms with Gasteiger partial charge in [-0.1, -0.05) is 39.0 Å². The molecule has 0 amide bonds. The molecule has 0 aromatic heterocycles. The zero-order valence-corrected chi connectivity index (χ0v) is 13.2. The molecule has 1 N–H and O–H groups in total. The van der Waals surface area contributed by atoms with Crippen molar-refractivity contribution in [2.45, 2.75) is 58.5 Å². The number of hydrogen-bond acceptors (Lipinski definition) is 2. The second-order valence-corrected chi connectivity index (χ2v) is 7.51. The van der Waals surface area contributed by atoms with Crippen LogP contribution in [0.5, 0.6) is 0 Å². The Labute approximate surface area is 118 Å². The molecule has 2 heteroatoms. The Morgan fingerprint density at radius 1 is 1.21 bits per heavy atom. The smallest absolute Gasteiger partial charge is 0.0407 e. The second kappa shape index (κ2) is 4.82. The topological polar surface area (TPSA) is 15.3 Å². The summed E-state index contributed by atoms with van der Waals surface area (Å²) in [6.07, 6.45) is 0. The van der Waals surface area contributed by atoms with Gasteiger partial charge in [-0.2, -0.15) is 0 Å². The van der Waals surface area contributed by atoms with Crippen LogP contribution in [0, 0.1) is 0 Å². The summed E-state index contributed by atoms with van der Waals surface area (Å²) in [6, 6.07) is 9.40. The van der Waals surface area contributed by atoms with E-state index in [2.05, 4.69) is 76.0 Å². The van der Waals surface area contributed by atoms with Crippen molar-refractivity contribution < 1.29 is 0 Å². The van der Waals surface area contributed by atoms with Gasteiger partial charge in [0.15, 0.2) is 0 Å². The van der Waals surface area contributed by atoms with E-state index in [-0.39, 0.29) is 11.0 Å². The van der Waals surface area contributed by atoms with Gasteiger partial charge in [-0.15, -0.1) is 0 Å². The molecule has 1 aromatic rings. The number of nitrogens with one attached hydrogen (secondary N) is 1. The van der Waals surface area contributed by atoms with Crippen molar-refractivity contribution >= 4 is 5.69 Å². The lowest BCUT2D eigenvalue weighted by molar-refractivity contribution is 0.317. The summed E-state index contributed by atoms with van der Waals surface area (Å²) in [5.74, 6) is 0. The Balaban J connectivity index is 2.40.